The molecule has 1 fully saturated rings. The van der Waals surface area contributed by atoms with Crippen LogP contribution in [0.5, 0.6) is 0 Å². The molecule has 1 aliphatic heterocycles. The molecule has 1 aliphatic rings. The van der Waals surface area contributed by atoms with Gasteiger partial charge in [-0.25, -0.2) is 4.79 Å². The topological polar surface area (TPSA) is 385 Å². The van der Waals surface area contributed by atoms with Gasteiger partial charge in [0, 0.05) is 6.54 Å². The smallest absolute Gasteiger partial charge is 0.326 e. The fourth-order valence-electron chi connectivity index (χ4n) is 6.79. The minimum absolute atomic E-state index is 0.0698. The maximum Gasteiger partial charge on any atom is 0.326 e. The fraction of sp³-hybridized carbons (Fsp3) is 0.750. The summed E-state index contributed by atoms with van der Waals surface area (Å²) >= 11 is 0. The molecule has 0 aromatic rings. The van der Waals surface area contributed by atoms with Gasteiger partial charge in [-0.3, -0.25) is 43.2 Å². The van der Waals surface area contributed by atoms with Crippen LogP contribution >= 0.6 is 0 Å². The van der Waals surface area contributed by atoms with Crippen LogP contribution in [0, 0.1) is 17.8 Å². The molecule has 8 amide bonds. The first-order valence-electron chi connectivity index (χ1n) is 21.3. The summed E-state index contributed by atoms with van der Waals surface area (Å²) in [5, 5.41) is 43.8. The average molecular weight is 899 g/mol. The number of likely N-dealkylation sites (tertiary alicyclic amines) is 1. The Balaban J connectivity index is 3.30. The largest absolute Gasteiger partial charge is 0.481 e. The van der Waals surface area contributed by atoms with E-state index < -0.39 is 132 Å². The van der Waals surface area contributed by atoms with Crippen molar-refractivity contribution in [2.24, 2.45) is 35.0 Å². The average Bonchev–Trinajstić information content (AvgIpc) is 3.67. The van der Waals surface area contributed by atoms with Crippen LogP contribution in [0.4, 0.5) is 0 Å². The first-order chi connectivity index (χ1) is 29.3. The number of carboxylic acid groups (broad SMARTS) is 2. The minimum Gasteiger partial charge on any atom is -0.481 e. The van der Waals surface area contributed by atoms with E-state index in [4.69, 9.17) is 17.2 Å². The fourth-order valence-corrected chi connectivity index (χ4v) is 6.79. The summed E-state index contributed by atoms with van der Waals surface area (Å²) in [7, 11) is 0. The highest BCUT2D eigenvalue weighted by Crippen LogP contribution is 2.20. The van der Waals surface area contributed by atoms with E-state index in [-0.39, 0.29) is 44.1 Å². The Bertz CT molecular complexity index is 1630. The summed E-state index contributed by atoms with van der Waals surface area (Å²) < 4.78 is 0. The zero-order valence-corrected chi connectivity index (χ0v) is 37.3. The molecule has 0 radical (unpaired) electrons. The lowest BCUT2D eigenvalue weighted by molar-refractivity contribution is -0.144. The lowest BCUT2D eigenvalue weighted by atomic mass is 9.98. The Labute approximate surface area is 367 Å². The van der Waals surface area contributed by atoms with Crippen LogP contribution in [0.3, 0.4) is 0 Å². The van der Waals surface area contributed by atoms with Crippen molar-refractivity contribution in [2.75, 3.05) is 13.1 Å². The predicted octanol–water partition coefficient (Wildman–Crippen LogP) is -3.09. The van der Waals surface area contributed by atoms with Crippen molar-refractivity contribution >= 4 is 59.2 Å². The number of aliphatic hydroxyl groups is 1. The number of primary amides is 1. The van der Waals surface area contributed by atoms with E-state index in [2.05, 4.69) is 31.9 Å². The van der Waals surface area contributed by atoms with Crippen molar-refractivity contribution < 1.29 is 63.3 Å². The van der Waals surface area contributed by atoms with Gasteiger partial charge in [0.2, 0.25) is 47.3 Å². The normalized spacial score (nSPS) is 17.6. The van der Waals surface area contributed by atoms with E-state index >= 15 is 0 Å². The molecule has 15 N–H and O–H groups in total. The van der Waals surface area contributed by atoms with Crippen LogP contribution < -0.4 is 49.1 Å². The summed E-state index contributed by atoms with van der Waals surface area (Å²) in [5.74, 6) is -11.2. The van der Waals surface area contributed by atoms with Gasteiger partial charge in [-0.15, -0.1) is 0 Å². The van der Waals surface area contributed by atoms with Gasteiger partial charge in [-0.1, -0.05) is 41.5 Å². The molecule has 0 spiro atoms. The Hall–Kier alpha value is -5.42. The highest BCUT2D eigenvalue weighted by molar-refractivity contribution is 5.99. The molecule has 0 saturated carbocycles. The van der Waals surface area contributed by atoms with E-state index in [1.165, 1.54) is 6.92 Å². The second kappa shape index (κ2) is 26.9. The van der Waals surface area contributed by atoms with Crippen LogP contribution in [-0.4, -0.2) is 147 Å². The monoisotopic (exact) mass is 899 g/mol. The number of hydrogen-bond acceptors (Lipinski definition) is 13. The lowest BCUT2D eigenvalue weighted by Crippen LogP contribution is -2.61. The van der Waals surface area contributed by atoms with Crippen molar-refractivity contribution in [1.29, 1.82) is 0 Å². The van der Waals surface area contributed by atoms with Gasteiger partial charge in [0.25, 0.3) is 0 Å². The molecule has 1 saturated heterocycles. The summed E-state index contributed by atoms with van der Waals surface area (Å²) in [6.45, 7) is 12.0. The van der Waals surface area contributed by atoms with Crippen molar-refractivity contribution in [3.63, 3.8) is 0 Å². The highest BCUT2D eigenvalue weighted by atomic mass is 16.4. The molecule has 0 aromatic heterocycles. The molecule has 23 nitrogen and oxygen atoms in total. The molecule has 1 rings (SSSR count). The number of nitrogens with zero attached hydrogens (tertiary/aromatic N) is 1. The Kier molecular flexibility index (Phi) is 23.8. The van der Waals surface area contributed by atoms with Crippen molar-refractivity contribution in [1.82, 2.24) is 36.8 Å². The number of unbranched alkanes of at least 4 members (excludes halogenated alkanes) is 1. The highest BCUT2D eigenvalue weighted by Gasteiger charge is 2.40. The molecule has 0 aromatic carbocycles. The van der Waals surface area contributed by atoms with Crippen molar-refractivity contribution in [2.45, 2.75) is 161 Å². The molecule has 1 heterocycles. The quantitative estimate of drug-likeness (QED) is 0.0346. The SMILES string of the molecule is CC(C)C[C@H](NC(=O)[C@H](CC(C)C)NC(=O)[C@@H](NC(=O)[C@H](CC(N)=O)NC(=O)[C@H](CC(=O)O)NC(=O)[C@@H]1CCCN1C(=O)[C@@H](N)[C@@H](C)O)C(C)C)C(=O)N[C@@H](CCCCN)C(=O)O. The molecule has 23 heteroatoms. The summed E-state index contributed by atoms with van der Waals surface area (Å²) in [6.07, 6.45) is -1.26. The summed E-state index contributed by atoms with van der Waals surface area (Å²) in [5.41, 5.74) is 16.7. The van der Waals surface area contributed by atoms with Crippen molar-refractivity contribution in [3.8, 4) is 0 Å². The third-order valence-corrected chi connectivity index (χ3v) is 10.2. The van der Waals surface area contributed by atoms with E-state index in [1.54, 1.807) is 41.5 Å². The number of aliphatic hydroxyl groups excluding tert-OH is 1. The number of nitrogens with two attached hydrogens (primary N) is 3. The van der Waals surface area contributed by atoms with Gasteiger partial charge >= 0.3 is 11.9 Å². The van der Waals surface area contributed by atoms with E-state index in [1.807, 2.05) is 0 Å². The van der Waals surface area contributed by atoms with Crippen LogP contribution in [0.1, 0.15) is 106 Å². The second-order valence-electron chi connectivity index (χ2n) is 17.1. The molecule has 0 unspecified atom stereocenters. The third-order valence-electron chi connectivity index (χ3n) is 10.2. The molecule has 0 aliphatic carbocycles. The molecular weight excluding hydrogens is 828 g/mol. The molecule has 0 bridgehead atoms. The van der Waals surface area contributed by atoms with Crippen LogP contribution in [-0.2, 0) is 47.9 Å². The second-order valence-corrected chi connectivity index (χ2v) is 17.1. The predicted molar refractivity (Wildman–Crippen MR) is 226 cm³/mol. The number of carboxylic acids is 2. The molecular formula is C40H70N10O13. The van der Waals surface area contributed by atoms with Gasteiger partial charge in [0.15, 0.2) is 0 Å². The maximum atomic E-state index is 13.9. The van der Waals surface area contributed by atoms with E-state index in [9.17, 15) is 63.3 Å². The molecule has 9 atom stereocenters. The first kappa shape index (κ1) is 55.6. The molecule has 358 valence electrons. The maximum absolute atomic E-state index is 13.9. The van der Waals surface area contributed by atoms with Gasteiger partial charge in [-0.05, 0) is 76.2 Å². The number of hydrogen-bond donors (Lipinski definition) is 12. The lowest BCUT2D eigenvalue weighted by Gasteiger charge is -2.30. The number of amides is 8. The van der Waals surface area contributed by atoms with Gasteiger partial charge in [-0.2, -0.15) is 0 Å². The Morgan fingerprint density at radius 2 is 1.13 bits per heavy atom. The summed E-state index contributed by atoms with van der Waals surface area (Å²) in [4.78, 5) is 131. The third kappa shape index (κ3) is 19.2. The standard InChI is InChI=1S/C40H70N10O13/c1-19(2)15-24(33(55)44-23(40(62)63)11-8-9-13-41)45-34(56)25(16-20(3)4)48-38(60)32(21(5)6)49-36(58)26(17-29(42)52)46-35(57)27(18-30(53)54)47-37(59)28-12-10-14-50(28)39(61)31(43)22(7)51/h19-28,31-32,51H,8-18,41,43H2,1-7H3,(H2,42,52)(H,44,55)(H,45,56)(H,46,57)(H,47,59)(H,48,60)(H,49,58)(H,53,54)(H,62,63)/t22-,23+,24+,25+,26+,27+,28+,31+,32+/m1/s1. The number of carbonyl (C=O) groups is 10. The Morgan fingerprint density at radius 1 is 0.651 bits per heavy atom. The minimum atomic E-state index is -1.83. The van der Waals surface area contributed by atoms with Gasteiger partial charge in [0.1, 0.15) is 48.3 Å². The summed E-state index contributed by atoms with van der Waals surface area (Å²) in [6, 6.07) is -11.2. The van der Waals surface area contributed by atoms with Gasteiger partial charge in [0.05, 0.1) is 18.9 Å². The van der Waals surface area contributed by atoms with Gasteiger partial charge < -0.3 is 69.3 Å². The number of nitrogens with one attached hydrogen (secondary N) is 6. The van der Waals surface area contributed by atoms with Crippen LogP contribution in [0.25, 0.3) is 0 Å². The number of rotatable bonds is 28. The number of carbonyl (C=O) groups excluding carboxylic acids is 8. The Morgan fingerprint density at radius 3 is 1.59 bits per heavy atom. The zero-order valence-electron chi connectivity index (χ0n) is 37.3. The molecule has 63 heavy (non-hydrogen) atoms. The van der Waals surface area contributed by atoms with Crippen LogP contribution in [0.15, 0.2) is 0 Å². The number of aliphatic carboxylic acids is 2. The first-order valence-corrected chi connectivity index (χ1v) is 21.3. The van der Waals surface area contributed by atoms with Crippen molar-refractivity contribution in [3.05, 3.63) is 0 Å². The van der Waals surface area contributed by atoms with E-state index in [0.29, 0.717) is 25.8 Å². The van der Waals surface area contributed by atoms with E-state index in [0.717, 1.165) is 4.90 Å². The van der Waals surface area contributed by atoms with Crippen LogP contribution in [0.2, 0.25) is 0 Å². The zero-order chi connectivity index (χ0) is 48.3.